The average molecular weight is 265 g/mol. The van der Waals surface area contributed by atoms with Gasteiger partial charge in [-0.25, -0.2) is 0 Å². The molecule has 6 nitrogen and oxygen atoms in total. The molecule has 0 aliphatic rings. The number of amidine groups is 1. The van der Waals surface area contributed by atoms with Crippen LogP contribution in [-0.2, 0) is 14.4 Å². The molecule has 6 heteroatoms. The fraction of sp³-hybridized carbons (Fsp3) is 0.385. The monoisotopic (exact) mass is 265 g/mol. The lowest BCUT2D eigenvalue weighted by Gasteiger charge is -2.18. The number of hydrogen-bond donors (Lipinski definition) is 1. The highest BCUT2D eigenvalue weighted by molar-refractivity contribution is 5.96. The van der Waals surface area contributed by atoms with Crippen molar-refractivity contribution in [2.45, 2.75) is 6.92 Å². The number of ether oxygens (including phenoxy) is 1. The van der Waals surface area contributed by atoms with Crippen molar-refractivity contribution in [2.24, 2.45) is 5.16 Å². The Bertz CT molecular complexity index is 443. The van der Waals surface area contributed by atoms with E-state index in [0.717, 1.165) is 17.2 Å². The van der Waals surface area contributed by atoms with Gasteiger partial charge in [-0.15, -0.1) is 0 Å². The molecular formula is C13H19N3O3. The Morgan fingerprint density at radius 3 is 2.47 bits per heavy atom. The first-order valence-corrected chi connectivity index (χ1v) is 5.78. The zero-order valence-corrected chi connectivity index (χ0v) is 11.6. The predicted octanol–water partition coefficient (Wildman–Crippen LogP) is 1.69. The minimum atomic E-state index is -0.180. The van der Waals surface area contributed by atoms with Crippen LogP contribution in [0.2, 0.25) is 0 Å². The topological polar surface area (TPSA) is 63.2 Å². The second-order valence-electron chi connectivity index (χ2n) is 3.91. The number of carbonyl (C=O) groups is 1. The van der Waals surface area contributed by atoms with Crippen LogP contribution in [0.1, 0.15) is 6.92 Å². The number of nitrogens with one attached hydrogen (secondary N) is 1. The fourth-order valence-electron chi connectivity index (χ4n) is 1.48. The molecule has 0 aliphatic carbocycles. The van der Waals surface area contributed by atoms with Gasteiger partial charge < -0.3 is 19.8 Å². The van der Waals surface area contributed by atoms with Crippen molar-refractivity contribution in [3.05, 3.63) is 24.3 Å². The first-order valence-electron chi connectivity index (χ1n) is 5.78. The van der Waals surface area contributed by atoms with Gasteiger partial charge in [-0.1, -0.05) is 5.16 Å². The number of anilines is 2. The van der Waals surface area contributed by atoms with Crippen molar-refractivity contribution in [1.82, 2.24) is 0 Å². The molecule has 0 aromatic heterocycles. The first kappa shape index (κ1) is 15.0. The van der Waals surface area contributed by atoms with Crippen LogP contribution in [0, 0.1) is 0 Å². The van der Waals surface area contributed by atoms with Crippen molar-refractivity contribution >= 4 is 23.1 Å². The van der Waals surface area contributed by atoms with Crippen LogP contribution in [0.25, 0.3) is 0 Å². The minimum absolute atomic E-state index is 0.0429. The third-order valence-electron chi connectivity index (χ3n) is 2.52. The van der Waals surface area contributed by atoms with Crippen LogP contribution in [0.3, 0.4) is 0 Å². The van der Waals surface area contributed by atoms with Gasteiger partial charge in [-0.3, -0.25) is 4.79 Å². The van der Waals surface area contributed by atoms with E-state index in [0.29, 0.717) is 0 Å². The van der Waals surface area contributed by atoms with E-state index < -0.39 is 0 Å². The van der Waals surface area contributed by atoms with E-state index >= 15 is 0 Å². The SMILES string of the molecule is COCC(=O)Nc1ccc(N(C)C(C)=NOC)cc1. The molecule has 0 aliphatic heterocycles. The smallest absolute Gasteiger partial charge is 0.250 e. The molecule has 0 bridgehead atoms. The van der Waals surface area contributed by atoms with Crippen molar-refractivity contribution < 1.29 is 14.4 Å². The second kappa shape index (κ2) is 7.38. The molecular weight excluding hydrogens is 246 g/mol. The zero-order valence-electron chi connectivity index (χ0n) is 11.6. The molecule has 1 aromatic carbocycles. The average Bonchev–Trinajstić information content (AvgIpc) is 2.39. The Labute approximate surface area is 113 Å². The number of benzene rings is 1. The lowest BCUT2D eigenvalue weighted by Crippen LogP contribution is -2.23. The number of hydrogen-bond acceptors (Lipinski definition) is 4. The maximum atomic E-state index is 11.3. The highest BCUT2D eigenvalue weighted by Gasteiger charge is 2.06. The summed E-state index contributed by atoms with van der Waals surface area (Å²) in [5, 5.41) is 6.58. The quantitative estimate of drug-likeness (QED) is 0.500. The molecule has 0 heterocycles. The normalized spacial score (nSPS) is 11.1. The maximum Gasteiger partial charge on any atom is 0.250 e. The fourth-order valence-corrected chi connectivity index (χ4v) is 1.48. The number of carbonyl (C=O) groups excluding carboxylic acids is 1. The number of methoxy groups -OCH3 is 1. The molecule has 1 N–H and O–H groups in total. The summed E-state index contributed by atoms with van der Waals surface area (Å²) in [6, 6.07) is 7.41. The molecule has 0 unspecified atom stereocenters. The molecule has 0 fully saturated rings. The number of rotatable bonds is 5. The van der Waals surface area contributed by atoms with Crippen LogP contribution in [0.4, 0.5) is 11.4 Å². The summed E-state index contributed by atoms with van der Waals surface area (Å²) in [4.78, 5) is 17.9. The molecule has 0 radical (unpaired) electrons. The molecule has 1 aromatic rings. The van der Waals surface area contributed by atoms with Crippen LogP contribution < -0.4 is 10.2 Å². The molecule has 0 saturated heterocycles. The molecule has 0 atom stereocenters. The molecule has 19 heavy (non-hydrogen) atoms. The third-order valence-corrected chi connectivity index (χ3v) is 2.52. The predicted molar refractivity (Wildman–Crippen MR) is 75.5 cm³/mol. The van der Waals surface area contributed by atoms with Gasteiger partial charge in [-0.05, 0) is 31.2 Å². The van der Waals surface area contributed by atoms with E-state index in [1.807, 2.05) is 43.1 Å². The highest BCUT2D eigenvalue weighted by Crippen LogP contribution is 2.17. The van der Waals surface area contributed by atoms with Crippen LogP contribution in [0.5, 0.6) is 0 Å². The molecule has 0 spiro atoms. The summed E-state index contributed by atoms with van der Waals surface area (Å²) in [6.07, 6.45) is 0. The molecule has 0 saturated carbocycles. The van der Waals surface area contributed by atoms with Gasteiger partial charge in [0.1, 0.15) is 19.6 Å². The van der Waals surface area contributed by atoms with E-state index in [-0.39, 0.29) is 12.5 Å². The maximum absolute atomic E-state index is 11.3. The largest absolute Gasteiger partial charge is 0.398 e. The van der Waals surface area contributed by atoms with Gasteiger partial charge in [0, 0.05) is 25.5 Å². The summed E-state index contributed by atoms with van der Waals surface area (Å²) < 4.78 is 4.75. The van der Waals surface area contributed by atoms with Crippen molar-refractivity contribution in [3.8, 4) is 0 Å². The Balaban J connectivity index is 2.71. The van der Waals surface area contributed by atoms with Crippen LogP contribution in [0.15, 0.2) is 29.4 Å². The number of nitrogens with zero attached hydrogens (tertiary/aromatic N) is 2. The highest BCUT2D eigenvalue weighted by atomic mass is 16.6. The summed E-state index contributed by atoms with van der Waals surface area (Å²) in [6.45, 7) is 1.89. The molecule has 104 valence electrons. The Kier molecular flexibility index (Phi) is 5.81. The summed E-state index contributed by atoms with van der Waals surface area (Å²) >= 11 is 0. The van der Waals surface area contributed by atoms with Gasteiger partial charge in [0.2, 0.25) is 5.91 Å². The lowest BCUT2D eigenvalue weighted by molar-refractivity contribution is -0.119. The van der Waals surface area contributed by atoms with Gasteiger partial charge in [-0.2, -0.15) is 0 Å². The van der Waals surface area contributed by atoms with Gasteiger partial charge in [0.05, 0.1) is 0 Å². The van der Waals surface area contributed by atoms with E-state index in [2.05, 4.69) is 10.5 Å². The minimum Gasteiger partial charge on any atom is -0.398 e. The standard InChI is InChI=1S/C13H19N3O3/c1-10(15-19-4)16(2)12-7-5-11(6-8-12)14-13(17)9-18-3/h5-8H,9H2,1-4H3,(H,14,17). The van der Waals surface area contributed by atoms with Crippen LogP contribution >= 0.6 is 0 Å². The summed E-state index contributed by atoms with van der Waals surface area (Å²) in [7, 11) is 4.87. The number of amides is 1. The van der Waals surface area contributed by atoms with Crippen molar-refractivity contribution in [1.29, 1.82) is 0 Å². The molecule has 1 rings (SSSR count). The van der Waals surface area contributed by atoms with Gasteiger partial charge >= 0.3 is 0 Å². The van der Waals surface area contributed by atoms with Crippen molar-refractivity contribution in [2.75, 3.05) is 38.1 Å². The van der Waals surface area contributed by atoms with Crippen LogP contribution in [-0.4, -0.2) is 39.6 Å². The van der Waals surface area contributed by atoms with Crippen molar-refractivity contribution in [3.63, 3.8) is 0 Å². The first-order chi connectivity index (χ1) is 9.08. The van der Waals surface area contributed by atoms with E-state index in [1.54, 1.807) is 0 Å². The Morgan fingerprint density at radius 1 is 1.32 bits per heavy atom. The Hall–Kier alpha value is -2.08. The number of oxime groups is 1. The van der Waals surface area contributed by atoms with E-state index in [9.17, 15) is 4.79 Å². The van der Waals surface area contributed by atoms with Gasteiger partial charge in [0.15, 0.2) is 0 Å². The second-order valence-corrected chi connectivity index (χ2v) is 3.91. The van der Waals surface area contributed by atoms with E-state index in [1.165, 1.54) is 14.2 Å². The summed E-state index contributed by atoms with van der Waals surface area (Å²) in [5.74, 6) is 0.555. The van der Waals surface area contributed by atoms with Gasteiger partial charge in [0.25, 0.3) is 0 Å². The summed E-state index contributed by atoms with van der Waals surface area (Å²) in [5.41, 5.74) is 1.67. The zero-order chi connectivity index (χ0) is 14.3. The molecule has 1 amide bonds. The third kappa shape index (κ3) is 4.59. The Morgan fingerprint density at radius 2 is 1.95 bits per heavy atom. The lowest BCUT2D eigenvalue weighted by atomic mass is 10.2. The van der Waals surface area contributed by atoms with E-state index in [4.69, 9.17) is 9.57 Å².